The van der Waals surface area contributed by atoms with Gasteiger partial charge in [-0.05, 0) is 75.3 Å². The lowest BCUT2D eigenvalue weighted by Crippen LogP contribution is -2.27. The number of rotatable bonds is 21. The van der Waals surface area contributed by atoms with Crippen molar-refractivity contribution in [3.05, 3.63) is 139 Å². The second-order valence-corrected chi connectivity index (χ2v) is 18.7. The predicted octanol–water partition coefficient (Wildman–Crippen LogP) is 9.33. The summed E-state index contributed by atoms with van der Waals surface area (Å²) in [7, 11) is 12.1. The van der Waals surface area contributed by atoms with Crippen LogP contribution in [0.25, 0.3) is 38.5 Å². The van der Waals surface area contributed by atoms with E-state index in [2.05, 4.69) is 6.58 Å². The number of carbonyl (C=O) groups excluding carboxylic acids is 4. The number of carboxylic acid groups (broad SMARTS) is 1. The number of esters is 1. The van der Waals surface area contributed by atoms with Crippen LogP contribution in [0.1, 0.15) is 56.4 Å². The van der Waals surface area contributed by atoms with Crippen molar-refractivity contribution in [3.8, 4) is 51.7 Å². The summed E-state index contributed by atoms with van der Waals surface area (Å²) in [5.41, 5.74) is 2.54. The highest BCUT2D eigenvalue weighted by Gasteiger charge is 2.29. The highest BCUT2D eigenvalue weighted by atomic mass is 35.5. The molecule has 22 nitrogen and oxygen atoms in total. The SMILES string of the molecule is C=C1C=C(CCl)c2c(OC)cc(OC)cc2O1.CCOC(=O)C(Cc1cc(=O)oc2cc(OC)cc(OC)c12)C(C)=O.COc1cc(OC)c2c(CC(C(C)=O)C(=O)O)cc(=O)oc2c1.COc1cc(OC)c2c(CCC(C)=O)cc(=O)oc2c1. The van der Waals surface area contributed by atoms with Gasteiger partial charge in [0, 0.05) is 79.0 Å². The summed E-state index contributed by atoms with van der Waals surface area (Å²) in [6.07, 6.45) is 2.53. The lowest BCUT2D eigenvalue weighted by atomic mass is 9.94. The molecule has 0 saturated carbocycles. The van der Waals surface area contributed by atoms with E-state index in [-0.39, 0.29) is 42.2 Å². The number of methoxy groups -OCH3 is 8. The van der Waals surface area contributed by atoms with Crippen molar-refractivity contribution in [2.45, 2.75) is 53.4 Å². The number of benzene rings is 4. The monoisotopic (exact) mass is 1200 g/mol. The summed E-state index contributed by atoms with van der Waals surface area (Å²) in [5, 5.41) is 10.8. The number of carboxylic acids is 1. The van der Waals surface area contributed by atoms with Crippen LogP contribution in [0.4, 0.5) is 0 Å². The van der Waals surface area contributed by atoms with Gasteiger partial charge < -0.3 is 70.5 Å². The van der Waals surface area contributed by atoms with Crippen molar-refractivity contribution in [2.75, 3.05) is 69.4 Å². The van der Waals surface area contributed by atoms with Gasteiger partial charge in [-0.25, -0.2) is 14.4 Å². The van der Waals surface area contributed by atoms with Crippen molar-refractivity contribution in [3.63, 3.8) is 0 Å². The summed E-state index contributed by atoms with van der Waals surface area (Å²) in [6.45, 7) is 9.65. The zero-order valence-electron chi connectivity index (χ0n) is 48.9. The third-order valence-electron chi connectivity index (χ3n) is 12.9. The van der Waals surface area contributed by atoms with E-state index in [9.17, 15) is 43.5 Å². The fraction of sp³-hybridized carbons (Fsp3) is 0.323. The molecule has 8 rings (SSSR count). The van der Waals surface area contributed by atoms with Crippen LogP contribution in [0, 0.1) is 11.8 Å². The molecule has 23 heteroatoms. The molecule has 85 heavy (non-hydrogen) atoms. The van der Waals surface area contributed by atoms with E-state index in [4.69, 9.17) is 72.2 Å². The molecule has 0 spiro atoms. The standard InChI is InChI=1S/C18H20O7.C16H16O7.C15H16O5.C13H13ClO3/c1-5-24-18(21)13(10(2)19)6-11-7-16(20)25-15-9-12(22-3)8-14(23-4)17(11)15;1-8(17)11(16(19)20)4-9-5-14(18)23-13-7-10(21-2)6-12(22-3)15(9)13;1-9(16)4-5-10-6-14(17)20-13-8-11(18-2)7-12(19-3)15(10)13;1-8-4-9(7-14)13-11(16-3)5-10(15-2)6-12(13)17-8/h7-9,13H,5-6H2,1-4H3;5-7,11H,4H2,1-3H3,(H,19,20);6-8H,4-5H2,1-3H3;4-6H,1,7H2,2-3H3. The first-order valence-corrected chi connectivity index (χ1v) is 26.4. The van der Waals surface area contributed by atoms with Crippen LogP contribution in [0.5, 0.6) is 51.7 Å². The fourth-order valence-corrected chi connectivity index (χ4v) is 9.09. The fourth-order valence-electron chi connectivity index (χ4n) is 8.88. The van der Waals surface area contributed by atoms with Gasteiger partial charge >= 0.3 is 28.8 Å². The second kappa shape index (κ2) is 30.6. The number of hydrogen-bond acceptors (Lipinski definition) is 21. The van der Waals surface area contributed by atoms with Gasteiger partial charge in [0.25, 0.3) is 0 Å². The maximum atomic E-state index is 12.1. The molecule has 4 heterocycles. The maximum Gasteiger partial charge on any atom is 0.336 e. The van der Waals surface area contributed by atoms with E-state index in [1.807, 2.05) is 6.08 Å². The molecule has 0 aliphatic carbocycles. The number of fused-ring (bicyclic) bond motifs is 4. The van der Waals surface area contributed by atoms with Crippen LogP contribution >= 0.6 is 11.6 Å². The zero-order chi connectivity index (χ0) is 62.8. The molecule has 2 unspecified atom stereocenters. The smallest absolute Gasteiger partial charge is 0.336 e. The van der Waals surface area contributed by atoms with Gasteiger partial charge in [0.05, 0.1) is 85.2 Å². The lowest BCUT2D eigenvalue weighted by Gasteiger charge is -2.21. The summed E-state index contributed by atoms with van der Waals surface area (Å²) in [6, 6.07) is 17.1. The molecule has 0 radical (unpaired) electrons. The molecule has 2 atom stereocenters. The Hall–Kier alpha value is -9.57. The molecule has 452 valence electrons. The number of carbonyl (C=O) groups is 5. The van der Waals surface area contributed by atoms with Crippen molar-refractivity contribution < 1.29 is 89.7 Å². The number of aliphatic carboxylic acids is 1. The maximum absolute atomic E-state index is 12.1. The Morgan fingerprint density at radius 3 is 1.29 bits per heavy atom. The molecule has 0 bridgehead atoms. The summed E-state index contributed by atoms with van der Waals surface area (Å²) >= 11 is 5.92. The molecule has 7 aromatic rings. The molecule has 0 saturated heterocycles. The van der Waals surface area contributed by atoms with E-state index < -0.39 is 46.4 Å². The molecule has 3 aromatic heterocycles. The first-order valence-electron chi connectivity index (χ1n) is 25.9. The van der Waals surface area contributed by atoms with Gasteiger partial charge in [-0.15, -0.1) is 11.6 Å². The van der Waals surface area contributed by atoms with Crippen LogP contribution in [0.15, 0.2) is 113 Å². The first kappa shape index (κ1) is 66.2. The number of alkyl halides is 1. The Balaban J connectivity index is 0.000000209. The van der Waals surface area contributed by atoms with E-state index in [0.717, 1.165) is 16.7 Å². The van der Waals surface area contributed by atoms with Crippen LogP contribution in [-0.2, 0) is 48.0 Å². The lowest BCUT2D eigenvalue weighted by molar-refractivity contribution is -0.151. The number of hydrogen-bond donors (Lipinski definition) is 1. The minimum absolute atomic E-state index is 0.0129. The van der Waals surface area contributed by atoms with Gasteiger partial charge in [0.15, 0.2) is 0 Å². The Labute approximate surface area is 492 Å². The molecular weight excluding hydrogens is 1130 g/mol. The number of ketones is 3. The van der Waals surface area contributed by atoms with Crippen LogP contribution in [0.3, 0.4) is 0 Å². The average Bonchev–Trinajstić information content (AvgIpc) is 1.98. The van der Waals surface area contributed by atoms with E-state index in [1.165, 1.54) is 87.7 Å². The zero-order valence-corrected chi connectivity index (χ0v) is 49.7. The van der Waals surface area contributed by atoms with Crippen LogP contribution < -0.4 is 59.5 Å². The highest BCUT2D eigenvalue weighted by Crippen LogP contribution is 2.43. The number of ether oxygens (including phenoxy) is 10. The molecule has 4 aromatic carbocycles. The normalized spacial score (nSPS) is 11.9. The van der Waals surface area contributed by atoms with Gasteiger partial charge in [0.1, 0.15) is 103 Å². The van der Waals surface area contributed by atoms with Gasteiger partial charge in [-0.1, -0.05) is 6.58 Å². The molecule has 0 amide bonds. The predicted molar refractivity (Wildman–Crippen MR) is 314 cm³/mol. The molecular formula is C62H65ClO22. The van der Waals surface area contributed by atoms with Gasteiger partial charge in [0.2, 0.25) is 0 Å². The highest BCUT2D eigenvalue weighted by molar-refractivity contribution is 6.23. The number of halogens is 1. The topological polar surface area (TPSA) is 289 Å². The molecule has 1 aliphatic heterocycles. The quantitative estimate of drug-likeness (QED) is 0.0303. The summed E-state index contributed by atoms with van der Waals surface area (Å²) < 4.78 is 68.0. The van der Waals surface area contributed by atoms with Crippen LogP contribution in [-0.4, -0.2) is 104 Å². The van der Waals surface area contributed by atoms with E-state index in [0.29, 0.717) is 109 Å². The third-order valence-corrected chi connectivity index (χ3v) is 13.2. The van der Waals surface area contributed by atoms with Crippen molar-refractivity contribution in [1.82, 2.24) is 0 Å². The van der Waals surface area contributed by atoms with Crippen molar-refractivity contribution in [2.24, 2.45) is 11.8 Å². The van der Waals surface area contributed by atoms with Gasteiger partial charge in [-0.3, -0.25) is 19.2 Å². The molecule has 1 N–H and O–H groups in total. The molecule has 1 aliphatic rings. The Morgan fingerprint density at radius 1 is 0.541 bits per heavy atom. The van der Waals surface area contributed by atoms with E-state index in [1.54, 1.807) is 63.6 Å². The van der Waals surface area contributed by atoms with Gasteiger partial charge in [-0.2, -0.15) is 0 Å². The molecule has 0 fully saturated rings. The summed E-state index contributed by atoms with van der Waals surface area (Å²) in [4.78, 5) is 93.1. The minimum atomic E-state index is -1.24. The number of aryl methyl sites for hydroxylation is 1. The largest absolute Gasteiger partial charge is 0.496 e. The number of allylic oxidation sites excluding steroid dienone is 2. The first-order chi connectivity index (χ1) is 40.5. The van der Waals surface area contributed by atoms with Crippen molar-refractivity contribution in [1.29, 1.82) is 0 Å². The van der Waals surface area contributed by atoms with Crippen molar-refractivity contribution >= 4 is 79.4 Å². The van der Waals surface area contributed by atoms with E-state index >= 15 is 0 Å². The Morgan fingerprint density at radius 2 is 0.929 bits per heavy atom. The third kappa shape index (κ3) is 16.8. The number of Topliss-reactive ketones (excluding diaryl/α,β-unsaturated/α-hetero) is 3. The van der Waals surface area contributed by atoms with Crippen LogP contribution in [0.2, 0.25) is 0 Å². The summed E-state index contributed by atoms with van der Waals surface area (Å²) in [5.74, 6) is 0.826. The minimum Gasteiger partial charge on any atom is -0.496 e. The average molecular weight is 1200 g/mol. The Kier molecular flexibility index (Phi) is 23.9. The second-order valence-electron chi connectivity index (χ2n) is 18.5. The Bertz CT molecular complexity index is 3830.